The number of thioether (sulfide) groups is 1. The van der Waals surface area contributed by atoms with E-state index in [-0.39, 0.29) is 12.0 Å². The van der Waals surface area contributed by atoms with Gasteiger partial charge in [-0.05, 0) is 67.4 Å². The fraction of sp³-hybridized carbons (Fsp3) is 0.263. The maximum atomic E-state index is 11.8. The van der Waals surface area contributed by atoms with Crippen molar-refractivity contribution in [1.82, 2.24) is 5.43 Å². The van der Waals surface area contributed by atoms with E-state index in [9.17, 15) is 4.79 Å². The van der Waals surface area contributed by atoms with E-state index in [1.165, 1.54) is 11.8 Å². The van der Waals surface area contributed by atoms with Crippen LogP contribution in [0.5, 0.6) is 5.75 Å². The molecule has 2 rings (SSSR count). The number of nitrogens with one attached hydrogen (secondary N) is 1. The van der Waals surface area contributed by atoms with Crippen molar-refractivity contribution in [3.8, 4) is 5.75 Å². The molecule has 1 atom stereocenters. The molecule has 0 spiro atoms. The number of hydrogen-bond acceptors (Lipinski definition) is 4. The Hall–Kier alpha value is -1.98. The van der Waals surface area contributed by atoms with E-state index in [0.717, 1.165) is 22.6 Å². The SMILES string of the molecule is CC[C@H](C)Oc1ccc(/C=N\NC(=O)CSc2ccc(Cl)cc2)cc1. The molecular weight excluding hydrogens is 356 g/mol. The van der Waals surface area contributed by atoms with Crippen LogP contribution in [0, 0.1) is 0 Å². The van der Waals surface area contributed by atoms with E-state index in [1.807, 2.05) is 43.3 Å². The largest absolute Gasteiger partial charge is 0.491 e. The van der Waals surface area contributed by atoms with Crippen molar-refractivity contribution in [3.63, 3.8) is 0 Å². The molecule has 6 heteroatoms. The van der Waals surface area contributed by atoms with Crippen molar-refractivity contribution in [2.24, 2.45) is 5.10 Å². The number of ether oxygens (including phenoxy) is 1. The number of hydrogen-bond donors (Lipinski definition) is 1. The molecule has 0 fully saturated rings. The highest BCUT2D eigenvalue weighted by molar-refractivity contribution is 8.00. The topological polar surface area (TPSA) is 50.7 Å². The zero-order chi connectivity index (χ0) is 18.1. The van der Waals surface area contributed by atoms with E-state index < -0.39 is 0 Å². The summed E-state index contributed by atoms with van der Waals surface area (Å²) >= 11 is 7.26. The Morgan fingerprint density at radius 3 is 2.56 bits per heavy atom. The van der Waals surface area contributed by atoms with Gasteiger partial charge in [-0.25, -0.2) is 5.43 Å². The number of nitrogens with zero attached hydrogens (tertiary/aromatic N) is 1. The van der Waals surface area contributed by atoms with E-state index in [1.54, 1.807) is 18.3 Å². The maximum Gasteiger partial charge on any atom is 0.250 e. The molecule has 0 saturated carbocycles. The summed E-state index contributed by atoms with van der Waals surface area (Å²) in [6.45, 7) is 4.12. The zero-order valence-electron chi connectivity index (χ0n) is 14.2. The first-order valence-electron chi connectivity index (χ1n) is 8.04. The van der Waals surface area contributed by atoms with Gasteiger partial charge in [0.15, 0.2) is 0 Å². The van der Waals surface area contributed by atoms with Gasteiger partial charge in [0.1, 0.15) is 5.75 Å². The molecule has 0 unspecified atom stereocenters. The molecule has 4 nitrogen and oxygen atoms in total. The van der Waals surface area contributed by atoms with Crippen molar-refractivity contribution in [2.75, 3.05) is 5.75 Å². The second-order valence-electron chi connectivity index (χ2n) is 5.44. The van der Waals surface area contributed by atoms with Crippen LogP contribution in [0.1, 0.15) is 25.8 Å². The van der Waals surface area contributed by atoms with Crippen LogP contribution in [0.15, 0.2) is 58.5 Å². The summed E-state index contributed by atoms with van der Waals surface area (Å²) in [5, 5.41) is 4.65. The van der Waals surface area contributed by atoms with Gasteiger partial charge in [-0.1, -0.05) is 18.5 Å². The lowest BCUT2D eigenvalue weighted by molar-refractivity contribution is -0.118. The highest BCUT2D eigenvalue weighted by atomic mass is 35.5. The summed E-state index contributed by atoms with van der Waals surface area (Å²) in [7, 11) is 0. The normalized spacial score (nSPS) is 12.1. The van der Waals surface area contributed by atoms with Gasteiger partial charge in [0.25, 0.3) is 0 Å². The van der Waals surface area contributed by atoms with E-state index in [4.69, 9.17) is 16.3 Å². The Bertz CT molecular complexity index is 702. The number of halogens is 1. The molecular formula is C19H21ClN2O2S. The second kappa shape index (κ2) is 10.1. The van der Waals surface area contributed by atoms with Gasteiger partial charge in [0.05, 0.1) is 18.1 Å². The van der Waals surface area contributed by atoms with Gasteiger partial charge in [0, 0.05) is 9.92 Å². The molecule has 0 radical (unpaired) electrons. The average Bonchev–Trinajstić information content (AvgIpc) is 2.62. The van der Waals surface area contributed by atoms with Crippen molar-refractivity contribution >= 4 is 35.5 Å². The molecule has 0 aliphatic carbocycles. The first-order chi connectivity index (χ1) is 12.1. The fourth-order valence-corrected chi connectivity index (χ4v) is 2.66. The molecule has 132 valence electrons. The van der Waals surface area contributed by atoms with E-state index in [0.29, 0.717) is 10.8 Å². The number of hydrazone groups is 1. The van der Waals surface area contributed by atoms with Crippen LogP contribution in [0.4, 0.5) is 0 Å². The smallest absolute Gasteiger partial charge is 0.250 e. The Balaban J connectivity index is 1.76. The minimum Gasteiger partial charge on any atom is -0.491 e. The summed E-state index contributed by atoms with van der Waals surface area (Å²) in [5.74, 6) is 0.962. The third kappa shape index (κ3) is 7.20. The molecule has 0 aromatic heterocycles. The van der Waals surface area contributed by atoms with Crippen LogP contribution < -0.4 is 10.2 Å². The Kier molecular flexibility index (Phi) is 7.82. The fourth-order valence-electron chi connectivity index (χ4n) is 1.84. The molecule has 2 aromatic carbocycles. The number of rotatable bonds is 8. The summed E-state index contributed by atoms with van der Waals surface area (Å²) in [6, 6.07) is 14.9. The Morgan fingerprint density at radius 1 is 1.24 bits per heavy atom. The molecule has 0 aliphatic rings. The first kappa shape index (κ1) is 19.3. The van der Waals surface area contributed by atoms with Crippen molar-refractivity contribution in [3.05, 3.63) is 59.1 Å². The first-order valence-corrected chi connectivity index (χ1v) is 9.40. The molecule has 0 heterocycles. The molecule has 0 aliphatic heterocycles. The lowest BCUT2D eigenvalue weighted by Crippen LogP contribution is -2.19. The van der Waals surface area contributed by atoms with Gasteiger partial charge < -0.3 is 4.74 Å². The number of carbonyl (C=O) groups is 1. The minimum absolute atomic E-state index is 0.159. The van der Waals surface area contributed by atoms with Gasteiger partial charge in [-0.2, -0.15) is 5.10 Å². The van der Waals surface area contributed by atoms with Crippen molar-refractivity contribution in [1.29, 1.82) is 0 Å². The van der Waals surface area contributed by atoms with Crippen LogP contribution >= 0.6 is 23.4 Å². The monoisotopic (exact) mass is 376 g/mol. The highest BCUT2D eigenvalue weighted by Gasteiger charge is 2.02. The molecule has 0 bridgehead atoms. The van der Waals surface area contributed by atoms with Gasteiger partial charge in [0.2, 0.25) is 5.91 Å². The third-order valence-electron chi connectivity index (χ3n) is 3.38. The third-order valence-corrected chi connectivity index (χ3v) is 4.64. The lowest BCUT2D eigenvalue weighted by Gasteiger charge is -2.12. The summed E-state index contributed by atoms with van der Waals surface area (Å²) in [4.78, 5) is 12.8. The molecule has 25 heavy (non-hydrogen) atoms. The van der Waals surface area contributed by atoms with Crippen LogP contribution in [-0.2, 0) is 4.79 Å². The molecule has 1 amide bonds. The van der Waals surface area contributed by atoms with Gasteiger partial charge >= 0.3 is 0 Å². The maximum absolute atomic E-state index is 11.8. The second-order valence-corrected chi connectivity index (χ2v) is 6.93. The lowest BCUT2D eigenvalue weighted by atomic mass is 10.2. The van der Waals surface area contributed by atoms with E-state index in [2.05, 4.69) is 17.5 Å². The Labute approximate surface area is 157 Å². The van der Waals surface area contributed by atoms with Crippen molar-refractivity contribution < 1.29 is 9.53 Å². The zero-order valence-corrected chi connectivity index (χ0v) is 15.8. The summed E-state index contributed by atoms with van der Waals surface area (Å²) in [5.41, 5.74) is 3.41. The van der Waals surface area contributed by atoms with Gasteiger partial charge in [-0.3, -0.25) is 4.79 Å². The summed E-state index contributed by atoms with van der Waals surface area (Å²) in [6.07, 6.45) is 2.76. The minimum atomic E-state index is -0.159. The molecule has 2 aromatic rings. The predicted octanol–water partition coefficient (Wildman–Crippen LogP) is 4.76. The summed E-state index contributed by atoms with van der Waals surface area (Å²) < 4.78 is 5.72. The van der Waals surface area contributed by atoms with Crippen molar-refractivity contribution in [2.45, 2.75) is 31.3 Å². The highest BCUT2D eigenvalue weighted by Crippen LogP contribution is 2.20. The average molecular weight is 377 g/mol. The number of amides is 1. The number of carbonyl (C=O) groups excluding carboxylic acids is 1. The van der Waals surface area contributed by atoms with Gasteiger partial charge in [-0.15, -0.1) is 11.8 Å². The van der Waals surface area contributed by atoms with E-state index >= 15 is 0 Å². The molecule has 0 saturated heterocycles. The number of benzene rings is 2. The Morgan fingerprint density at radius 2 is 1.92 bits per heavy atom. The predicted molar refractivity (Wildman–Crippen MR) is 105 cm³/mol. The van der Waals surface area contributed by atoms with Crippen LogP contribution in [0.2, 0.25) is 5.02 Å². The van der Waals surface area contributed by atoms with Crippen LogP contribution in [-0.4, -0.2) is 24.0 Å². The quantitative estimate of drug-likeness (QED) is 0.410. The van der Waals surface area contributed by atoms with Crippen LogP contribution in [0.3, 0.4) is 0 Å². The standard InChI is InChI=1S/C19H21ClN2O2S/c1-3-14(2)24-17-8-4-15(5-9-17)12-21-22-19(23)13-25-18-10-6-16(20)7-11-18/h4-12,14H,3,13H2,1-2H3,(H,22,23)/b21-12-/t14-/m0/s1. The van der Waals surface area contributed by atoms with Crippen LogP contribution in [0.25, 0.3) is 0 Å². The molecule has 1 N–H and O–H groups in total.